The third-order valence-electron chi connectivity index (χ3n) is 1.19. The largest absolute Gasteiger partial charge is 0.505 e. The Morgan fingerprint density at radius 1 is 0.833 bits per heavy atom. The molecule has 0 aliphatic heterocycles. The topological polar surface area (TPSA) is 20.2 Å². The number of hydrogen-bond acceptors (Lipinski definition) is 1. The summed E-state index contributed by atoms with van der Waals surface area (Å²) in [5.41, 5.74) is 0. The Balaban J connectivity index is 3.60. The summed E-state index contributed by atoms with van der Waals surface area (Å²) in [6.07, 6.45) is 0. The number of hydrogen-bond donors (Lipinski definition) is 1. The van der Waals surface area contributed by atoms with E-state index in [1.807, 2.05) is 0 Å². The van der Waals surface area contributed by atoms with Crippen molar-refractivity contribution in [3.63, 3.8) is 0 Å². The molecule has 0 saturated carbocycles. The van der Waals surface area contributed by atoms with E-state index in [-0.39, 0.29) is 15.8 Å². The maximum atomic E-state index is 9.31. The number of aromatic hydroxyl groups is 1. The molecule has 0 aliphatic carbocycles. The second-order valence-corrected chi connectivity index (χ2v) is 4.64. The molecule has 0 bridgehead atoms. The summed E-state index contributed by atoms with van der Waals surface area (Å²) in [6, 6.07) is 0. The first-order valence-corrected chi connectivity index (χ1v) is 5.39. The highest BCUT2D eigenvalue weighted by Gasteiger charge is 2.17. The Labute approximate surface area is 101 Å². The zero-order chi connectivity index (χ0) is 9.46. The van der Waals surface area contributed by atoms with Crippen LogP contribution < -0.4 is 0 Å². The minimum absolute atomic E-state index is 0.105. The summed E-state index contributed by atoms with van der Waals surface area (Å²) >= 11 is 23.3. The highest BCUT2D eigenvalue weighted by atomic mass is 79.9. The standard InChI is InChI=1S/C6HBr2Cl3O/c7-1-3(9)2(8)5(11)6(12)4(1)10/h12H. The quantitative estimate of drug-likeness (QED) is 0.520. The zero-order valence-electron chi connectivity index (χ0n) is 5.34. The number of halogens is 5. The maximum absolute atomic E-state index is 9.31. The molecule has 0 saturated heterocycles. The summed E-state index contributed by atoms with van der Waals surface area (Å²) in [7, 11) is 0. The Morgan fingerprint density at radius 2 is 1.17 bits per heavy atom. The van der Waals surface area contributed by atoms with Gasteiger partial charge in [-0.1, -0.05) is 34.8 Å². The van der Waals surface area contributed by atoms with Crippen molar-refractivity contribution in [3.05, 3.63) is 24.0 Å². The average molecular weight is 355 g/mol. The molecule has 1 rings (SSSR count). The van der Waals surface area contributed by atoms with E-state index in [2.05, 4.69) is 31.9 Å². The van der Waals surface area contributed by atoms with Gasteiger partial charge in [0.15, 0.2) is 5.75 Å². The van der Waals surface area contributed by atoms with Crippen LogP contribution in [-0.2, 0) is 0 Å². The summed E-state index contributed by atoms with van der Waals surface area (Å²) in [5, 5.41) is 9.86. The van der Waals surface area contributed by atoms with Crippen molar-refractivity contribution in [2.24, 2.45) is 0 Å². The van der Waals surface area contributed by atoms with Gasteiger partial charge in [0.2, 0.25) is 0 Å². The van der Waals surface area contributed by atoms with Crippen molar-refractivity contribution >= 4 is 66.7 Å². The van der Waals surface area contributed by atoms with Gasteiger partial charge in [0.05, 0.1) is 24.0 Å². The molecule has 0 unspecified atom stereocenters. The van der Waals surface area contributed by atoms with E-state index in [4.69, 9.17) is 34.8 Å². The van der Waals surface area contributed by atoms with Crippen molar-refractivity contribution in [2.45, 2.75) is 0 Å². The summed E-state index contributed by atoms with van der Waals surface area (Å²) < 4.78 is 0.833. The Bertz CT molecular complexity index is 235. The second kappa shape index (κ2) is 3.93. The van der Waals surface area contributed by atoms with Gasteiger partial charge in [-0.05, 0) is 31.9 Å². The van der Waals surface area contributed by atoms with Crippen LogP contribution in [0.4, 0.5) is 0 Å². The Kier molecular flexibility index (Phi) is 3.58. The predicted molar refractivity (Wildman–Crippen MR) is 58.5 cm³/mol. The average Bonchev–Trinajstić information content (AvgIpc) is 2.08. The van der Waals surface area contributed by atoms with Gasteiger partial charge in [0, 0.05) is 0 Å². The molecule has 1 aromatic rings. The lowest BCUT2D eigenvalue weighted by Gasteiger charge is -2.06. The number of phenolic OH excluding ortho intramolecular Hbond substituents is 1. The molecular weight excluding hydrogens is 354 g/mol. The first-order valence-electron chi connectivity index (χ1n) is 2.67. The number of benzene rings is 1. The van der Waals surface area contributed by atoms with Gasteiger partial charge >= 0.3 is 0 Å². The smallest absolute Gasteiger partial charge is 0.155 e. The van der Waals surface area contributed by atoms with Gasteiger partial charge in [-0.15, -0.1) is 0 Å². The van der Waals surface area contributed by atoms with Crippen molar-refractivity contribution < 1.29 is 5.11 Å². The summed E-state index contributed by atoms with van der Waals surface area (Å²) in [4.78, 5) is 0. The van der Waals surface area contributed by atoms with E-state index >= 15 is 0 Å². The first-order chi connectivity index (χ1) is 5.46. The van der Waals surface area contributed by atoms with Crippen LogP contribution in [0.1, 0.15) is 0 Å². The van der Waals surface area contributed by atoms with Crippen molar-refractivity contribution in [3.8, 4) is 5.75 Å². The molecule has 1 N–H and O–H groups in total. The Morgan fingerprint density at radius 3 is 1.50 bits per heavy atom. The monoisotopic (exact) mass is 352 g/mol. The summed E-state index contributed by atoms with van der Waals surface area (Å²) in [5.74, 6) is -0.193. The van der Waals surface area contributed by atoms with Crippen LogP contribution in [-0.4, -0.2) is 5.11 Å². The fourth-order valence-electron chi connectivity index (χ4n) is 0.593. The van der Waals surface area contributed by atoms with Crippen molar-refractivity contribution in [2.75, 3.05) is 0 Å². The molecule has 0 atom stereocenters. The van der Waals surface area contributed by atoms with E-state index in [1.165, 1.54) is 0 Å². The molecule has 1 aromatic carbocycles. The van der Waals surface area contributed by atoms with Crippen LogP contribution in [0.15, 0.2) is 8.95 Å². The van der Waals surface area contributed by atoms with Gasteiger partial charge in [-0.25, -0.2) is 0 Å². The molecule has 6 heteroatoms. The predicted octanol–water partition coefficient (Wildman–Crippen LogP) is 4.88. The molecule has 0 radical (unpaired) electrons. The molecule has 0 heterocycles. The van der Waals surface area contributed by atoms with Gasteiger partial charge in [-0.3, -0.25) is 0 Å². The second-order valence-electron chi connectivity index (χ2n) is 1.92. The SMILES string of the molecule is Oc1c(Cl)c(Br)c(Cl)c(Br)c1Cl. The van der Waals surface area contributed by atoms with E-state index < -0.39 is 0 Å². The highest BCUT2D eigenvalue weighted by Crippen LogP contribution is 2.47. The van der Waals surface area contributed by atoms with Gasteiger partial charge in [0.25, 0.3) is 0 Å². The van der Waals surface area contributed by atoms with Crippen LogP contribution in [0.3, 0.4) is 0 Å². The van der Waals surface area contributed by atoms with Crippen LogP contribution in [0.5, 0.6) is 5.75 Å². The lowest BCUT2D eigenvalue weighted by atomic mass is 10.3. The normalized spacial score (nSPS) is 10.4. The minimum Gasteiger partial charge on any atom is -0.505 e. The van der Waals surface area contributed by atoms with Crippen molar-refractivity contribution in [1.82, 2.24) is 0 Å². The molecule has 12 heavy (non-hydrogen) atoms. The van der Waals surface area contributed by atoms with E-state index in [0.717, 1.165) is 0 Å². The van der Waals surface area contributed by atoms with Crippen LogP contribution >= 0.6 is 66.7 Å². The first kappa shape index (κ1) is 10.9. The van der Waals surface area contributed by atoms with Crippen LogP contribution in [0.25, 0.3) is 0 Å². The summed E-state index contributed by atoms with van der Waals surface area (Å²) in [6.45, 7) is 0. The minimum atomic E-state index is -0.193. The molecule has 66 valence electrons. The fraction of sp³-hybridized carbons (Fsp3) is 0. The van der Waals surface area contributed by atoms with E-state index in [9.17, 15) is 5.11 Å². The van der Waals surface area contributed by atoms with Gasteiger partial charge < -0.3 is 5.11 Å². The zero-order valence-corrected chi connectivity index (χ0v) is 10.8. The molecule has 1 nitrogen and oxygen atoms in total. The van der Waals surface area contributed by atoms with E-state index in [1.54, 1.807) is 0 Å². The van der Waals surface area contributed by atoms with E-state index in [0.29, 0.717) is 14.0 Å². The lowest BCUT2D eigenvalue weighted by molar-refractivity contribution is 0.475. The number of phenols is 1. The molecule has 0 spiro atoms. The lowest BCUT2D eigenvalue weighted by Crippen LogP contribution is -1.79. The fourth-order valence-corrected chi connectivity index (χ4v) is 2.34. The maximum Gasteiger partial charge on any atom is 0.155 e. The molecule has 0 amide bonds. The van der Waals surface area contributed by atoms with Gasteiger partial charge in [-0.2, -0.15) is 0 Å². The van der Waals surface area contributed by atoms with Crippen LogP contribution in [0, 0.1) is 0 Å². The molecule has 0 fully saturated rings. The van der Waals surface area contributed by atoms with Gasteiger partial charge in [0.1, 0.15) is 0 Å². The third kappa shape index (κ3) is 1.70. The van der Waals surface area contributed by atoms with Crippen molar-refractivity contribution in [1.29, 1.82) is 0 Å². The highest BCUT2D eigenvalue weighted by molar-refractivity contribution is 9.11. The molecule has 0 aliphatic rings. The third-order valence-corrected chi connectivity index (χ3v) is 4.80. The Hall–Kier alpha value is 0.850. The van der Waals surface area contributed by atoms with Crippen LogP contribution in [0.2, 0.25) is 15.1 Å². The molecular formula is C6HBr2Cl3O. The molecule has 0 aromatic heterocycles. The number of rotatable bonds is 0.